The molecule has 0 aliphatic rings. The molecule has 0 aliphatic heterocycles. The molecule has 17 heavy (non-hydrogen) atoms. The molecule has 1 aromatic rings. The molecular formula is C11H17FN2O2S. The molecule has 0 spiro atoms. The van der Waals surface area contributed by atoms with Gasteiger partial charge >= 0.3 is 0 Å². The molecule has 4 nitrogen and oxygen atoms in total. The number of halogens is 1. The molecule has 0 fully saturated rings. The van der Waals surface area contributed by atoms with E-state index >= 15 is 0 Å². The van der Waals surface area contributed by atoms with E-state index in [9.17, 15) is 12.8 Å². The third kappa shape index (κ3) is 3.49. The monoisotopic (exact) mass is 260 g/mol. The Hall–Kier alpha value is -0.980. The van der Waals surface area contributed by atoms with Crippen molar-refractivity contribution in [3.8, 4) is 0 Å². The zero-order valence-electron chi connectivity index (χ0n) is 9.93. The summed E-state index contributed by atoms with van der Waals surface area (Å²) in [6.45, 7) is 2.58. The summed E-state index contributed by atoms with van der Waals surface area (Å²) in [5.74, 6) is -0.505. The van der Waals surface area contributed by atoms with E-state index in [2.05, 4.69) is 0 Å². The molecule has 6 heteroatoms. The van der Waals surface area contributed by atoms with Gasteiger partial charge in [0, 0.05) is 13.6 Å². The van der Waals surface area contributed by atoms with Gasteiger partial charge in [0.1, 0.15) is 5.82 Å². The largest absolute Gasteiger partial charge is 0.330 e. The van der Waals surface area contributed by atoms with E-state index in [-0.39, 0.29) is 10.8 Å². The Morgan fingerprint density at radius 2 is 2.12 bits per heavy atom. The van der Waals surface area contributed by atoms with Crippen molar-refractivity contribution in [3.63, 3.8) is 0 Å². The summed E-state index contributed by atoms with van der Waals surface area (Å²) in [7, 11) is -2.16. The fourth-order valence-electron chi connectivity index (χ4n) is 1.42. The maximum absolute atomic E-state index is 13.0. The minimum absolute atomic E-state index is 0.0378. The molecule has 0 bridgehead atoms. The van der Waals surface area contributed by atoms with Crippen LogP contribution >= 0.6 is 0 Å². The van der Waals surface area contributed by atoms with Crippen LogP contribution in [0.25, 0.3) is 0 Å². The van der Waals surface area contributed by atoms with Gasteiger partial charge in [-0.2, -0.15) is 0 Å². The summed E-state index contributed by atoms with van der Waals surface area (Å²) < 4.78 is 38.3. The molecule has 0 amide bonds. The third-order valence-corrected chi connectivity index (χ3v) is 4.29. The molecule has 0 saturated heterocycles. The molecule has 0 saturated carbocycles. The number of benzene rings is 1. The highest BCUT2D eigenvalue weighted by atomic mass is 32.2. The van der Waals surface area contributed by atoms with Gasteiger partial charge in [-0.05, 0) is 30.7 Å². The second-order valence-electron chi connectivity index (χ2n) is 4.08. The van der Waals surface area contributed by atoms with Crippen LogP contribution in [0, 0.1) is 11.7 Å². The van der Waals surface area contributed by atoms with Gasteiger partial charge in [-0.15, -0.1) is 0 Å². The second kappa shape index (κ2) is 5.57. The maximum Gasteiger partial charge on any atom is 0.242 e. The first-order valence-corrected chi connectivity index (χ1v) is 6.74. The molecule has 0 radical (unpaired) electrons. The first kappa shape index (κ1) is 14.1. The normalized spacial score (nSPS) is 13.9. The Kier molecular flexibility index (Phi) is 4.62. The number of hydrogen-bond acceptors (Lipinski definition) is 3. The Morgan fingerprint density at radius 3 is 2.65 bits per heavy atom. The number of rotatable bonds is 5. The van der Waals surface area contributed by atoms with E-state index in [4.69, 9.17) is 5.73 Å². The second-order valence-corrected chi connectivity index (χ2v) is 6.13. The van der Waals surface area contributed by atoms with Gasteiger partial charge in [0.25, 0.3) is 0 Å². The van der Waals surface area contributed by atoms with Crippen LogP contribution in [0.3, 0.4) is 0 Å². The lowest BCUT2D eigenvalue weighted by Gasteiger charge is -2.20. The highest BCUT2D eigenvalue weighted by Crippen LogP contribution is 2.16. The Balaban J connectivity index is 2.95. The quantitative estimate of drug-likeness (QED) is 0.860. The van der Waals surface area contributed by atoms with Crippen molar-refractivity contribution in [1.82, 2.24) is 4.31 Å². The minimum Gasteiger partial charge on any atom is -0.330 e. The van der Waals surface area contributed by atoms with E-state index < -0.39 is 15.8 Å². The van der Waals surface area contributed by atoms with Crippen LogP contribution in [0.1, 0.15) is 6.92 Å². The van der Waals surface area contributed by atoms with Crippen molar-refractivity contribution in [2.24, 2.45) is 11.7 Å². The molecule has 0 aromatic heterocycles. The molecule has 0 aliphatic carbocycles. The molecule has 1 unspecified atom stereocenters. The molecule has 1 rings (SSSR count). The topological polar surface area (TPSA) is 63.4 Å². The number of hydrogen-bond donors (Lipinski definition) is 1. The third-order valence-electron chi connectivity index (χ3n) is 2.48. The minimum atomic E-state index is -3.63. The number of nitrogens with two attached hydrogens (primary N) is 1. The summed E-state index contributed by atoms with van der Waals surface area (Å²) in [5, 5.41) is 0. The standard InChI is InChI=1S/C11H17FN2O2S/c1-9(7-13)8-14(2)17(15,16)11-5-3-4-10(12)6-11/h3-6,9H,7-8,13H2,1-2H3. The van der Waals surface area contributed by atoms with Gasteiger partial charge in [0.05, 0.1) is 4.90 Å². The van der Waals surface area contributed by atoms with Crippen LogP contribution in [-0.4, -0.2) is 32.9 Å². The van der Waals surface area contributed by atoms with Crippen molar-refractivity contribution < 1.29 is 12.8 Å². The van der Waals surface area contributed by atoms with E-state index in [1.54, 1.807) is 0 Å². The summed E-state index contributed by atoms with van der Waals surface area (Å²) in [4.78, 5) is -0.0378. The molecule has 96 valence electrons. The Bertz CT molecular complexity index is 476. The van der Waals surface area contributed by atoms with Crippen LogP contribution in [0.5, 0.6) is 0 Å². The molecule has 0 heterocycles. The summed E-state index contributed by atoms with van der Waals surface area (Å²) in [6, 6.07) is 4.98. The van der Waals surface area contributed by atoms with Crippen molar-refractivity contribution >= 4 is 10.0 Å². The van der Waals surface area contributed by atoms with Gasteiger partial charge in [-0.25, -0.2) is 17.1 Å². The summed E-state index contributed by atoms with van der Waals surface area (Å²) >= 11 is 0. The average molecular weight is 260 g/mol. The van der Waals surface area contributed by atoms with Crippen LogP contribution in [0.2, 0.25) is 0 Å². The van der Waals surface area contributed by atoms with Crippen molar-refractivity contribution in [3.05, 3.63) is 30.1 Å². The molecule has 2 N–H and O–H groups in total. The van der Waals surface area contributed by atoms with Crippen LogP contribution in [0.4, 0.5) is 4.39 Å². The molecule has 1 atom stereocenters. The van der Waals surface area contributed by atoms with E-state index in [1.165, 1.54) is 29.6 Å². The lowest BCUT2D eigenvalue weighted by atomic mass is 10.2. The van der Waals surface area contributed by atoms with E-state index in [1.807, 2.05) is 6.92 Å². The number of nitrogens with zero attached hydrogens (tertiary/aromatic N) is 1. The fraction of sp³-hybridized carbons (Fsp3) is 0.455. The van der Waals surface area contributed by atoms with Gasteiger partial charge in [-0.3, -0.25) is 0 Å². The van der Waals surface area contributed by atoms with Crippen LogP contribution < -0.4 is 5.73 Å². The van der Waals surface area contributed by atoms with Gasteiger partial charge in [0.2, 0.25) is 10.0 Å². The zero-order chi connectivity index (χ0) is 13.1. The van der Waals surface area contributed by atoms with E-state index in [0.717, 1.165) is 6.07 Å². The van der Waals surface area contributed by atoms with Gasteiger partial charge < -0.3 is 5.73 Å². The SMILES string of the molecule is CC(CN)CN(C)S(=O)(=O)c1cccc(F)c1. The maximum atomic E-state index is 13.0. The first-order chi connectivity index (χ1) is 7.87. The fourth-order valence-corrected chi connectivity index (χ4v) is 2.74. The van der Waals surface area contributed by atoms with Crippen molar-refractivity contribution in [1.29, 1.82) is 0 Å². The highest BCUT2D eigenvalue weighted by molar-refractivity contribution is 7.89. The van der Waals surface area contributed by atoms with Gasteiger partial charge in [-0.1, -0.05) is 13.0 Å². The van der Waals surface area contributed by atoms with Gasteiger partial charge in [0.15, 0.2) is 0 Å². The zero-order valence-corrected chi connectivity index (χ0v) is 10.7. The first-order valence-electron chi connectivity index (χ1n) is 5.30. The summed E-state index contributed by atoms with van der Waals surface area (Å²) in [5.41, 5.74) is 5.44. The predicted octanol–water partition coefficient (Wildman–Crippen LogP) is 1.04. The molecule has 1 aromatic carbocycles. The van der Waals surface area contributed by atoms with Crippen molar-refractivity contribution in [2.45, 2.75) is 11.8 Å². The highest BCUT2D eigenvalue weighted by Gasteiger charge is 2.22. The molecular weight excluding hydrogens is 243 g/mol. The lowest BCUT2D eigenvalue weighted by molar-refractivity contribution is 0.405. The predicted molar refractivity (Wildman–Crippen MR) is 64.4 cm³/mol. The average Bonchev–Trinajstić information content (AvgIpc) is 2.28. The van der Waals surface area contributed by atoms with Crippen LogP contribution in [-0.2, 0) is 10.0 Å². The lowest BCUT2D eigenvalue weighted by Crippen LogP contribution is -2.33. The summed E-state index contributed by atoms with van der Waals surface area (Å²) in [6.07, 6.45) is 0. The Labute approximate surface area is 101 Å². The number of sulfonamides is 1. The smallest absolute Gasteiger partial charge is 0.242 e. The Morgan fingerprint density at radius 1 is 1.47 bits per heavy atom. The van der Waals surface area contributed by atoms with E-state index in [0.29, 0.717) is 13.1 Å². The van der Waals surface area contributed by atoms with Crippen LogP contribution in [0.15, 0.2) is 29.2 Å². The van der Waals surface area contributed by atoms with Crippen molar-refractivity contribution in [2.75, 3.05) is 20.1 Å².